The van der Waals surface area contributed by atoms with E-state index in [-0.39, 0.29) is 11.4 Å². The van der Waals surface area contributed by atoms with E-state index in [1.807, 2.05) is 13.8 Å². The molecule has 0 aliphatic heterocycles. The van der Waals surface area contributed by atoms with E-state index in [1.54, 1.807) is 12.3 Å². The fraction of sp³-hybridized carbons (Fsp3) is 0.308. The van der Waals surface area contributed by atoms with Crippen molar-refractivity contribution in [1.82, 2.24) is 9.97 Å². The number of halogens is 2. The van der Waals surface area contributed by atoms with E-state index in [4.69, 9.17) is 17.3 Å². The second-order valence-corrected chi connectivity index (χ2v) is 5.47. The van der Waals surface area contributed by atoms with Crippen molar-refractivity contribution in [3.8, 4) is 11.3 Å². The molecule has 0 radical (unpaired) electrons. The van der Waals surface area contributed by atoms with Gasteiger partial charge in [0, 0.05) is 22.5 Å². The zero-order valence-electron chi connectivity index (χ0n) is 10.3. The van der Waals surface area contributed by atoms with Gasteiger partial charge in [0.25, 0.3) is 0 Å². The van der Waals surface area contributed by atoms with Crippen LogP contribution in [0, 0.1) is 5.82 Å². The number of nitrogens with two attached hydrogens (primary N) is 1. The van der Waals surface area contributed by atoms with E-state index in [0.717, 1.165) is 5.82 Å². The fourth-order valence-corrected chi connectivity index (χ4v) is 1.90. The smallest absolute Gasteiger partial charge is 0.132 e. The highest BCUT2D eigenvalue weighted by atomic mass is 35.5. The number of aromatic amines is 1. The van der Waals surface area contributed by atoms with Crippen molar-refractivity contribution < 1.29 is 4.39 Å². The van der Waals surface area contributed by atoms with Crippen molar-refractivity contribution in [2.75, 3.05) is 0 Å². The van der Waals surface area contributed by atoms with Gasteiger partial charge < -0.3 is 10.7 Å². The van der Waals surface area contributed by atoms with Crippen LogP contribution in [-0.4, -0.2) is 15.5 Å². The molecular formula is C13H15ClFN3. The molecule has 0 saturated carbocycles. The monoisotopic (exact) mass is 267 g/mol. The van der Waals surface area contributed by atoms with Gasteiger partial charge in [-0.25, -0.2) is 9.37 Å². The molecule has 96 valence electrons. The average molecular weight is 268 g/mol. The van der Waals surface area contributed by atoms with Gasteiger partial charge in [0.2, 0.25) is 0 Å². The number of nitrogens with zero attached hydrogens (tertiary/aromatic N) is 1. The summed E-state index contributed by atoms with van der Waals surface area (Å²) in [5, 5.41) is 0.488. The van der Waals surface area contributed by atoms with Crippen LogP contribution in [0.2, 0.25) is 5.02 Å². The lowest BCUT2D eigenvalue weighted by Gasteiger charge is -2.15. The van der Waals surface area contributed by atoms with Gasteiger partial charge in [0.15, 0.2) is 0 Å². The van der Waals surface area contributed by atoms with Crippen LogP contribution in [0.4, 0.5) is 4.39 Å². The number of nitrogens with one attached hydrogen (secondary N) is 1. The minimum absolute atomic E-state index is 0.332. The Hall–Kier alpha value is -1.39. The van der Waals surface area contributed by atoms with Crippen LogP contribution in [0.3, 0.4) is 0 Å². The van der Waals surface area contributed by atoms with Gasteiger partial charge >= 0.3 is 0 Å². The molecule has 0 aliphatic carbocycles. The molecule has 5 heteroatoms. The molecule has 1 heterocycles. The van der Waals surface area contributed by atoms with Gasteiger partial charge in [-0.05, 0) is 32.0 Å². The highest BCUT2D eigenvalue weighted by Crippen LogP contribution is 2.25. The van der Waals surface area contributed by atoms with Crippen LogP contribution < -0.4 is 5.73 Å². The van der Waals surface area contributed by atoms with Crippen LogP contribution in [0.15, 0.2) is 24.4 Å². The third kappa shape index (κ3) is 3.09. The minimum Gasteiger partial charge on any atom is -0.342 e. The Morgan fingerprint density at radius 1 is 1.44 bits per heavy atom. The second-order valence-electron chi connectivity index (χ2n) is 5.03. The van der Waals surface area contributed by atoms with Crippen molar-refractivity contribution in [3.05, 3.63) is 41.1 Å². The highest BCUT2D eigenvalue weighted by Gasteiger charge is 2.15. The molecule has 0 spiro atoms. The SMILES string of the molecule is CC(C)(N)Cc1ncc(-c2cc(Cl)ccc2F)[nH]1. The molecule has 3 nitrogen and oxygen atoms in total. The number of aromatic nitrogens is 2. The molecule has 1 aromatic carbocycles. The maximum Gasteiger partial charge on any atom is 0.132 e. The van der Waals surface area contributed by atoms with Gasteiger partial charge in [-0.2, -0.15) is 0 Å². The van der Waals surface area contributed by atoms with Gasteiger partial charge in [0.05, 0.1) is 11.9 Å². The Morgan fingerprint density at radius 3 is 2.83 bits per heavy atom. The predicted octanol–water partition coefficient (Wildman–Crippen LogP) is 3.15. The van der Waals surface area contributed by atoms with Crippen LogP contribution >= 0.6 is 11.6 Å². The summed E-state index contributed by atoms with van der Waals surface area (Å²) in [4.78, 5) is 7.27. The molecule has 0 aliphatic rings. The highest BCUT2D eigenvalue weighted by molar-refractivity contribution is 6.30. The first-order valence-electron chi connectivity index (χ1n) is 5.63. The predicted molar refractivity (Wildman–Crippen MR) is 71.0 cm³/mol. The fourth-order valence-electron chi connectivity index (χ4n) is 1.72. The lowest BCUT2D eigenvalue weighted by molar-refractivity contribution is 0.505. The average Bonchev–Trinajstić information content (AvgIpc) is 2.67. The maximum absolute atomic E-state index is 13.7. The zero-order valence-corrected chi connectivity index (χ0v) is 11.1. The van der Waals surface area contributed by atoms with Crippen LogP contribution in [-0.2, 0) is 6.42 Å². The van der Waals surface area contributed by atoms with Crippen molar-refractivity contribution in [2.45, 2.75) is 25.8 Å². The molecule has 2 aromatic rings. The van der Waals surface area contributed by atoms with Gasteiger partial charge in [-0.1, -0.05) is 11.6 Å². The minimum atomic E-state index is -0.359. The Kier molecular flexibility index (Phi) is 3.41. The van der Waals surface area contributed by atoms with E-state index in [9.17, 15) is 4.39 Å². The summed E-state index contributed by atoms with van der Waals surface area (Å²) in [5.74, 6) is 0.401. The van der Waals surface area contributed by atoms with E-state index in [2.05, 4.69) is 9.97 Å². The number of hydrogen-bond acceptors (Lipinski definition) is 2. The summed E-state index contributed by atoms with van der Waals surface area (Å²) in [5.41, 5.74) is 6.57. The Labute approximate surface area is 110 Å². The normalized spacial score (nSPS) is 11.8. The number of imidazole rings is 1. The molecule has 2 rings (SSSR count). The summed E-state index contributed by atoms with van der Waals surface area (Å²) in [6.07, 6.45) is 2.19. The molecule has 0 bridgehead atoms. The summed E-state index contributed by atoms with van der Waals surface area (Å²) < 4.78 is 13.7. The molecule has 0 atom stereocenters. The van der Waals surface area contributed by atoms with Gasteiger partial charge in [0.1, 0.15) is 11.6 Å². The molecule has 0 unspecified atom stereocenters. The molecule has 1 aromatic heterocycles. The third-order valence-corrected chi connectivity index (χ3v) is 2.71. The molecule has 0 saturated heterocycles. The van der Waals surface area contributed by atoms with E-state index >= 15 is 0 Å². The topological polar surface area (TPSA) is 54.7 Å². The summed E-state index contributed by atoms with van der Waals surface area (Å²) >= 11 is 5.86. The Morgan fingerprint density at radius 2 is 2.17 bits per heavy atom. The number of rotatable bonds is 3. The first-order chi connectivity index (χ1) is 8.35. The van der Waals surface area contributed by atoms with Crippen molar-refractivity contribution >= 4 is 11.6 Å². The largest absolute Gasteiger partial charge is 0.342 e. The zero-order chi connectivity index (χ0) is 13.3. The van der Waals surface area contributed by atoms with Crippen molar-refractivity contribution in [2.24, 2.45) is 5.73 Å². The van der Waals surface area contributed by atoms with E-state index in [1.165, 1.54) is 12.1 Å². The van der Waals surface area contributed by atoms with E-state index in [0.29, 0.717) is 22.7 Å². The maximum atomic E-state index is 13.7. The number of hydrogen-bond donors (Lipinski definition) is 2. The number of H-pyrrole nitrogens is 1. The first kappa shape index (κ1) is 13.1. The standard InChI is InChI=1S/C13H15ClFN3/c1-13(2,16)6-12-17-7-11(18-12)9-5-8(14)3-4-10(9)15/h3-5,7H,6,16H2,1-2H3,(H,17,18). The second kappa shape index (κ2) is 4.71. The summed E-state index contributed by atoms with van der Waals surface area (Å²) in [7, 11) is 0. The van der Waals surface area contributed by atoms with Crippen LogP contribution in [0.25, 0.3) is 11.3 Å². The van der Waals surface area contributed by atoms with Crippen molar-refractivity contribution in [3.63, 3.8) is 0 Å². The Balaban J connectivity index is 2.32. The summed E-state index contributed by atoms with van der Waals surface area (Å²) in [6.45, 7) is 3.82. The number of benzene rings is 1. The van der Waals surface area contributed by atoms with Gasteiger partial charge in [-0.15, -0.1) is 0 Å². The summed E-state index contributed by atoms with van der Waals surface area (Å²) in [6, 6.07) is 4.42. The third-order valence-electron chi connectivity index (χ3n) is 2.47. The molecule has 0 amide bonds. The molecule has 18 heavy (non-hydrogen) atoms. The lowest BCUT2D eigenvalue weighted by Crippen LogP contribution is -2.34. The first-order valence-corrected chi connectivity index (χ1v) is 6.01. The van der Waals surface area contributed by atoms with Crippen molar-refractivity contribution in [1.29, 1.82) is 0 Å². The quantitative estimate of drug-likeness (QED) is 0.898. The molecule has 3 N–H and O–H groups in total. The van der Waals surface area contributed by atoms with E-state index < -0.39 is 0 Å². The van der Waals surface area contributed by atoms with Crippen LogP contribution in [0.1, 0.15) is 19.7 Å². The van der Waals surface area contributed by atoms with Crippen LogP contribution in [0.5, 0.6) is 0 Å². The van der Waals surface area contributed by atoms with Gasteiger partial charge in [-0.3, -0.25) is 0 Å². The Bertz CT molecular complexity index is 558. The lowest BCUT2D eigenvalue weighted by atomic mass is 10.0. The molecular weight excluding hydrogens is 253 g/mol. The molecule has 0 fully saturated rings.